The van der Waals surface area contributed by atoms with Gasteiger partial charge in [-0.25, -0.2) is 0 Å². The maximum Gasteiger partial charge on any atom is 0.222 e. The summed E-state index contributed by atoms with van der Waals surface area (Å²) in [4.78, 5) is 30.7. The lowest BCUT2D eigenvalue weighted by Gasteiger charge is -2.34. The van der Waals surface area contributed by atoms with Gasteiger partial charge in [0.05, 0.1) is 7.11 Å². The van der Waals surface area contributed by atoms with E-state index in [4.69, 9.17) is 9.47 Å². The number of para-hydroxylation sites is 1. The van der Waals surface area contributed by atoms with Gasteiger partial charge in [-0.3, -0.25) is 14.5 Å². The van der Waals surface area contributed by atoms with Crippen LogP contribution in [0.3, 0.4) is 0 Å². The second kappa shape index (κ2) is 13.4. The van der Waals surface area contributed by atoms with Crippen LogP contribution in [0.5, 0.6) is 11.5 Å². The fourth-order valence-electron chi connectivity index (χ4n) is 5.12. The van der Waals surface area contributed by atoms with Crippen molar-refractivity contribution >= 4 is 11.8 Å². The molecule has 2 aliphatic rings. The Morgan fingerprint density at radius 1 is 1.11 bits per heavy atom. The van der Waals surface area contributed by atoms with E-state index in [-0.39, 0.29) is 17.9 Å². The molecule has 200 valence electrons. The van der Waals surface area contributed by atoms with Crippen molar-refractivity contribution in [2.24, 2.45) is 0 Å². The van der Waals surface area contributed by atoms with Gasteiger partial charge < -0.3 is 24.6 Å². The second-order valence-corrected chi connectivity index (χ2v) is 10.0. The number of piperazine rings is 1. The number of methoxy groups -OCH3 is 1. The van der Waals surface area contributed by atoms with E-state index in [1.165, 1.54) is 5.56 Å². The number of hydrogen-bond donors (Lipinski definition) is 1. The van der Waals surface area contributed by atoms with Crippen LogP contribution in [-0.2, 0) is 22.6 Å². The highest BCUT2D eigenvalue weighted by Crippen LogP contribution is 2.20. The summed E-state index contributed by atoms with van der Waals surface area (Å²) in [6.07, 6.45) is 2.75. The molecule has 2 amide bonds. The summed E-state index contributed by atoms with van der Waals surface area (Å²) >= 11 is 0. The van der Waals surface area contributed by atoms with Gasteiger partial charge in [0.2, 0.25) is 11.8 Å². The zero-order valence-corrected chi connectivity index (χ0v) is 22.2. The number of carbonyl (C=O) groups excluding carboxylic acids is 2. The predicted molar refractivity (Wildman–Crippen MR) is 144 cm³/mol. The van der Waals surface area contributed by atoms with E-state index in [1.807, 2.05) is 41.3 Å². The van der Waals surface area contributed by atoms with Crippen molar-refractivity contribution in [3.8, 4) is 11.5 Å². The third-order valence-electron chi connectivity index (χ3n) is 7.17. The molecule has 2 saturated heterocycles. The number of ether oxygens (including phenoxy) is 2. The summed E-state index contributed by atoms with van der Waals surface area (Å²) in [5.41, 5.74) is 2.27. The Hall–Kier alpha value is -3.10. The number of rotatable bonds is 12. The Morgan fingerprint density at radius 3 is 2.68 bits per heavy atom. The first-order chi connectivity index (χ1) is 18.0. The minimum atomic E-state index is 0.158. The molecule has 2 aromatic rings. The van der Waals surface area contributed by atoms with Crippen molar-refractivity contribution in [3.63, 3.8) is 0 Å². The lowest BCUT2D eigenvalue weighted by Crippen LogP contribution is -2.49. The van der Waals surface area contributed by atoms with E-state index in [9.17, 15) is 9.59 Å². The fraction of sp³-hybridized carbons (Fsp3) is 0.517. The van der Waals surface area contributed by atoms with Gasteiger partial charge in [-0.2, -0.15) is 0 Å². The van der Waals surface area contributed by atoms with Crippen molar-refractivity contribution in [2.75, 3.05) is 60.0 Å². The molecular weight excluding hydrogens is 468 g/mol. The average molecular weight is 509 g/mol. The molecule has 8 nitrogen and oxygen atoms in total. The minimum absolute atomic E-state index is 0.158. The number of benzene rings is 2. The number of amides is 2. The summed E-state index contributed by atoms with van der Waals surface area (Å²) < 4.78 is 11.5. The largest absolute Gasteiger partial charge is 0.496 e. The van der Waals surface area contributed by atoms with E-state index >= 15 is 0 Å². The van der Waals surface area contributed by atoms with Gasteiger partial charge in [0.25, 0.3) is 0 Å². The normalized spacial score (nSPS) is 18.2. The summed E-state index contributed by atoms with van der Waals surface area (Å²) in [7, 11) is 3.75. The molecule has 0 aliphatic carbocycles. The topological polar surface area (TPSA) is 74.4 Å². The summed E-state index contributed by atoms with van der Waals surface area (Å²) in [5, 5.41) is 3.03. The fourth-order valence-corrected chi connectivity index (χ4v) is 5.12. The molecule has 0 radical (unpaired) electrons. The Morgan fingerprint density at radius 2 is 1.92 bits per heavy atom. The van der Waals surface area contributed by atoms with E-state index < -0.39 is 0 Å². The maximum atomic E-state index is 12.7. The molecule has 2 aliphatic heterocycles. The molecule has 0 saturated carbocycles. The Balaban J connectivity index is 1.13. The quantitative estimate of drug-likeness (QED) is 0.475. The molecule has 0 aromatic heterocycles. The number of carbonyl (C=O) groups is 2. The minimum Gasteiger partial charge on any atom is -0.496 e. The summed E-state index contributed by atoms with van der Waals surface area (Å²) in [5.74, 6) is 2.09. The highest BCUT2D eigenvalue weighted by molar-refractivity contribution is 5.78. The highest BCUT2D eigenvalue weighted by atomic mass is 16.5. The average Bonchev–Trinajstić information content (AvgIpc) is 3.32. The standard InChI is InChI=1S/C29H40N4O4/c1-31(22-25-11-12-28(34)30-25)21-23-6-5-8-26(20-23)37-19-18-32-14-16-33(17-15-32)29(35)13-10-24-7-3-4-9-27(24)36-2/h3-9,20,25H,10-19,21-22H2,1-2H3,(H,30,34)/t25-/m0/s1. The van der Waals surface area contributed by atoms with E-state index in [0.717, 1.165) is 69.3 Å². The van der Waals surface area contributed by atoms with Gasteiger partial charge in [0.15, 0.2) is 0 Å². The van der Waals surface area contributed by atoms with Crippen molar-refractivity contribution in [2.45, 2.75) is 38.3 Å². The molecule has 2 aromatic carbocycles. The molecule has 1 atom stereocenters. The van der Waals surface area contributed by atoms with E-state index in [0.29, 0.717) is 25.9 Å². The van der Waals surface area contributed by atoms with Gasteiger partial charge in [-0.15, -0.1) is 0 Å². The summed E-state index contributed by atoms with van der Waals surface area (Å²) in [6.45, 7) is 6.38. The number of likely N-dealkylation sites (N-methyl/N-ethyl adjacent to an activating group) is 1. The van der Waals surface area contributed by atoms with Crippen LogP contribution < -0.4 is 14.8 Å². The molecule has 2 fully saturated rings. The highest BCUT2D eigenvalue weighted by Gasteiger charge is 2.22. The van der Waals surface area contributed by atoms with Crippen molar-refractivity contribution in [3.05, 3.63) is 59.7 Å². The number of aryl methyl sites for hydroxylation is 1. The first-order valence-corrected chi connectivity index (χ1v) is 13.3. The van der Waals surface area contributed by atoms with Crippen LogP contribution in [0.25, 0.3) is 0 Å². The Labute approximate surface area is 220 Å². The van der Waals surface area contributed by atoms with Crippen LogP contribution in [0.15, 0.2) is 48.5 Å². The zero-order chi connectivity index (χ0) is 26.0. The molecule has 8 heteroatoms. The molecular formula is C29H40N4O4. The Bertz CT molecular complexity index is 1040. The third-order valence-corrected chi connectivity index (χ3v) is 7.17. The summed E-state index contributed by atoms with van der Waals surface area (Å²) in [6, 6.07) is 16.4. The molecule has 0 unspecified atom stereocenters. The SMILES string of the molecule is COc1ccccc1CCC(=O)N1CCN(CCOc2cccc(CN(C)C[C@@H]3CCC(=O)N3)c2)CC1. The van der Waals surface area contributed by atoms with Crippen molar-refractivity contribution in [1.82, 2.24) is 20.0 Å². The lowest BCUT2D eigenvalue weighted by molar-refractivity contribution is -0.133. The van der Waals surface area contributed by atoms with Gasteiger partial charge in [0, 0.05) is 64.7 Å². The van der Waals surface area contributed by atoms with Crippen LogP contribution in [0.2, 0.25) is 0 Å². The molecule has 0 spiro atoms. The molecule has 1 N–H and O–H groups in total. The monoisotopic (exact) mass is 508 g/mol. The molecule has 2 heterocycles. The maximum absolute atomic E-state index is 12.7. The second-order valence-electron chi connectivity index (χ2n) is 10.0. The van der Waals surface area contributed by atoms with Gasteiger partial charge >= 0.3 is 0 Å². The van der Waals surface area contributed by atoms with E-state index in [2.05, 4.69) is 34.3 Å². The van der Waals surface area contributed by atoms with Crippen LogP contribution >= 0.6 is 0 Å². The van der Waals surface area contributed by atoms with Crippen LogP contribution in [-0.4, -0.2) is 92.6 Å². The number of nitrogens with zero attached hydrogens (tertiary/aromatic N) is 3. The predicted octanol–water partition coefficient (Wildman–Crippen LogP) is 2.56. The van der Waals surface area contributed by atoms with Gasteiger partial charge in [-0.05, 0) is 49.2 Å². The number of hydrogen-bond acceptors (Lipinski definition) is 6. The molecule has 0 bridgehead atoms. The van der Waals surface area contributed by atoms with Crippen LogP contribution in [0.1, 0.15) is 30.4 Å². The van der Waals surface area contributed by atoms with Crippen LogP contribution in [0.4, 0.5) is 0 Å². The smallest absolute Gasteiger partial charge is 0.222 e. The van der Waals surface area contributed by atoms with E-state index in [1.54, 1.807) is 7.11 Å². The lowest BCUT2D eigenvalue weighted by atomic mass is 10.1. The van der Waals surface area contributed by atoms with Gasteiger partial charge in [-0.1, -0.05) is 30.3 Å². The van der Waals surface area contributed by atoms with Gasteiger partial charge in [0.1, 0.15) is 18.1 Å². The zero-order valence-electron chi connectivity index (χ0n) is 22.2. The first-order valence-electron chi connectivity index (χ1n) is 13.3. The molecule has 37 heavy (non-hydrogen) atoms. The van der Waals surface area contributed by atoms with Crippen molar-refractivity contribution < 1.29 is 19.1 Å². The first kappa shape index (κ1) is 26.9. The number of nitrogens with one attached hydrogen (secondary N) is 1. The van der Waals surface area contributed by atoms with Crippen molar-refractivity contribution in [1.29, 1.82) is 0 Å². The Kier molecular flexibility index (Phi) is 9.79. The third kappa shape index (κ3) is 8.20. The molecule has 4 rings (SSSR count). The van der Waals surface area contributed by atoms with Crippen LogP contribution in [0, 0.1) is 0 Å².